The molecule has 20 heavy (non-hydrogen) atoms. The van der Waals surface area contributed by atoms with Crippen LogP contribution in [0.3, 0.4) is 0 Å². The number of hydrogen-bond donors (Lipinski definition) is 1. The summed E-state index contributed by atoms with van der Waals surface area (Å²) in [5.74, 6) is 0.0834. The number of carboxylic acid groups (broad SMARTS) is 1. The van der Waals surface area contributed by atoms with Gasteiger partial charge >= 0.3 is 5.97 Å². The molecule has 1 aromatic carbocycles. The van der Waals surface area contributed by atoms with Gasteiger partial charge in [-0.3, -0.25) is 4.79 Å². The van der Waals surface area contributed by atoms with Crippen LogP contribution in [0.4, 0.5) is 0 Å². The molecular formula is C17H23ClO2. The molecule has 1 N–H and O–H groups in total. The van der Waals surface area contributed by atoms with Gasteiger partial charge in [0.2, 0.25) is 0 Å². The van der Waals surface area contributed by atoms with Crippen LogP contribution in [-0.2, 0) is 11.2 Å². The zero-order valence-electron chi connectivity index (χ0n) is 12.1. The minimum Gasteiger partial charge on any atom is -0.481 e. The van der Waals surface area contributed by atoms with Gasteiger partial charge in [-0.1, -0.05) is 43.5 Å². The summed E-state index contributed by atoms with van der Waals surface area (Å²) >= 11 is 5.89. The quantitative estimate of drug-likeness (QED) is 0.835. The molecule has 1 aromatic rings. The van der Waals surface area contributed by atoms with Crippen LogP contribution in [0.5, 0.6) is 0 Å². The molecular weight excluding hydrogens is 272 g/mol. The van der Waals surface area contributed by atoms with Gasteiger partial charge in [0.25, 0.3) is 0 Å². The van der Waals surface area contributed by atoms with E-state index in [1.807, 2.05) is 24.3 Å². The van der Waals surface area contributed by atoms with Gasteiger partial charge in [0.05, 0.1) is 5.41 Å². The zero-order valence-corrected chi connectivity index (χ0v) is 12.8. The maximum Gasteiger partial charge on any atom is 0.309 e. The predicted molar refractivity (Wildman–Crippen MR) is 82.1 cm³/mol. The maximum absolute atomic E-state index is 11.8. The molecule has 0 radical (unpaired) electrons. The summed E-state index contributed by atoms with van der Waals surface area (Å²) in [6, 6.07) is 7.58. The minimum atomic E-state index is -0.637. The average Bonchev–Trinajstić information content (AvgIpc) is 2.44. The summed E-state index contributed by atoms with van der Waals surface area (Å²) in [7, 11) is 0. The molecule has 0 atom stereocenters. The van der Waals surface area contributed by atoms with E-state index in [2.05, 4.69) is 6.92 Å². The molecule has 1 fully saturated rings. The van der Waals surface area contributed by atoms with Crippen molar-refractivity contribution in [3.63, 3.8) is 0 Å². The molecule has 0 aliphatic heterocycles. The van der Waals surface area contributed by atoms with Crippen molar-refractivity contribution in [1.29, 1.82) is 0 Å². The average molecular weight is 295 g/mol. The Balaban J connectivity index is 2.08. The van der Waals surface area contributed by atoms with Crippen molar-refractivity contribution in [3.8, 4) is 0 Å². The van der Waals surface area contributed by atoms with Crippen LogP contribution in [0.25, 0.3) is 0 Å². The third-order valence-corrected chi connectivity index (χ3v) is 4.92. The summed E-state index contributed by atoms with van der Waals surface area (Å²) in [5.41, 5.74) is 0.503. The van der Waals surface area contributed by atoms with Crippen molar-refractivity contribution < 1.29 is 9.90 Å². The van der Waals surface area contributed by atoms with E-state index in [4.69, 9.17) is 11.6 Å². The normalized spacial score (nSPS) is 26.4. The predicted octanol–water partition coefficient (Wildman–Crippen LogP) is 4.94. The van der Waals surface area contributed by atoms with Crippen molar-refractivity contribution in [2.45, 2.75) is 51.9 Å². The number of rotatable bonds is 5. The van der Waals surface area contributed by atoms with E-state index in [0.29, 0.717) is 11.4 Å². The Hall–Kier alpha value is -1.02. The molecule has 0 bridgehead atoms. The van der Waals surface area contributed by atoms with Gasteiger partial charge < -0.3 is 5.11 Å². The fraction of sp³-hybridized carbons (Fsp3) is 0.588. The Kier molecular flexibility index (Phi) is 5.09. The summed E-state index contributed by atoms with van der Waals surface area (Å²) in [5, 5.41) is 10.4. The Bertz CT molecular complexity index is 445. The summed E-state index contributed by atoms with van der Waals surface area (Å²) in [6.45, 7) is 2.20. The lowest BCUT2D eigenvalue weighted by atomic mass is 9.67. The van der Waals surface area contributed by atoms with Gasteiger partial charge in [0.1, 0.15) is 0 Å². The van der Waals surface area contributed by atoms with Crippen LogP contribution in [0.1, 0.15) is 51.0 Å². The van der Waals surface area contributed by atoms with E-state index in [1.165, 1.54) is 12.8 Å². The van der Waals surface area contributed by atoms with Crippen LogP contribution in [-0.4, -0.2) is 11.1 Å². The van der Waals surface area contributed by atoms with Gasteiger partial charge in [0.15, 0.2) is 0 Å². The molecule has 1 saturated carbocycles. The molecule has 0 saturated heterocycles. The van der Waals surface area contributed by atoms with Gasteiger partial charge in [-0.2, -0.15) is 0 Å². The van der Waals surface area contributed by atoms with Crippen molar-refractivity contribution in [1.82, 2.24) is 0 Å². The monoisotopic (exact) mass is 294 g/mol. The van der Waals surface area contributed by atoms with E-state index in [-0.39, 0.29) is 0 Å². The van der Waals surface area contributed by atoms with Crippen LogP contribution in [0, 0.1) is 11.3 Å². The van der Waals surface area contributed by atoms with Crippen LogP contribution in [0.2, 0.25) is 5.02 Å². The maximum atomic E-state index is 11.8. The Morgan fingerprint density at radius 2 is 1.90 bits per heavy atom. The van der Waals surface area contributed by atoms with Crippen molar-refractivity contribution in [2.75, 3.05) is 0 Å². The first-order chi connectivity index (χ1) is 9.55. The lowest BCUT2D eigenvalue weighted by Crippen LogP contribution is -2.37. The highest BCUT2D eigenvalue weighted by Crippen LogP contribution is 2.43. The number of benzene rings is 1. The van der Waals surface area contributed by atoms with Gasteiger partial charge in [-0.25, -0.2) is 0 Å². The molecule has 1 aliphatic carbocycles. The van der Waals surface area contributed by atoms with Crippen molar-refractivity contribution in [3.05, 3.63) is 34.9 Å². The standard InChI is InChI=1S/C17H23ClO2/c1-2-3-13-8-10-17(11-9-13,16(19)20)12-14-4-6-15(18)7-5-14/h4-7,13H,2-3,8-12H2,1H3,(H,19,20). The SMILES string of the molecule is CCCC1CCC(Cc2ccc(Cl)cc2)(C(=O)O)CC1. The molecule has 0 aromatic heterocycles. The summed E-state index contributed by atoms with van der Waals surface area (Å²) in [4.78, 5) is 11.8. The first kappa shape index (κ1) is 15.4. The third kappa shape index (κ3) is 3.54. The van der Waals surface area contributed by atoms with Gasteiger partial charge in [-0.15, -0.1) is 0 Å². The second-order valence-electron chi connectivity index (χ2n) is 6.12. The fourth-order valence-corrected chi connectivity index (χ4v) is 3.51. The third-order valence-electron chi connectivity index (χ3n) is 4.67. The highest BCUT2D eigenvalue weighted by Gasteiger charge is 2.41. The Morgan fingerprint density at radius 3 is 2.40 bits per heavy atom. The largest absolute Gasteiger partial charge is 0.481 e. The molecule has 2 rings (SSSR count). The number of hydrogen-bond acceptors (Lipinski definition) is 1. The van der Waals surface area contributed by atoms with Crippen molar-refractivity contribution >= 4 is 17.6 Å². The zero-order chi connectivity index (χ0) is 14.6. The van der Waals surface area contributed by atoms with Gasteiger partial charge in [0, 0.05) is 5.02 Å². The van der Waals surface area contributed by atoms with Crippen LogP contribution < -0.4 is 0 Å². The number of aliphatic carboxylic acids is 1. The highest BCUT2D eigenvalue weighted by molar-refractivity contribution is 6.30. The molecule has 0 spiro atoms. The lowest BCUT2D eigenvalue weighted by Gasteiger charge is -2.37. The summed E-state index contributed by atoms with van der Waals surface area (Å²) < 4.78 is 0. The molecule has 0 unspecified atom stereocenters. The lowest BCUT2D eigenvalue weighted by molar-refractivity contribution is -0.151. The number of carboxylic acids is 1. The number of halogens is 1. The molecule has 2 nitrogen and oxygen atoms in total. The molecule has 110 valence electrons. The minimum absolute atomic E-state index is 0.571. The first-order valence-electron chi connectivity index (χ1n) is 7.53. The van der Waals surface area contributed by atoms with Gasteiger partial charge in [-0.05, 0) is 55.7 Å². The second-order valence-corrected chi connectivity index (χ2v) is 6.56. The summed E-state index contributed by atoms with van der Waals surface area (Å²) in [6.07, 6.45) is 6.75. The van der Waals surface area contributed by atoms with Crippen LogP contribution in [0.15, 0.2) is 24.3 Å². The second kappa shape index (κ2) is 6.62. The fourth-order valence-electron chi connectivity index (χ4n) is 3.39. The van der Waals surface area contributed by atoms with Crippen molar-refractivity contribution in [2.24, 2.45) is 11.3 Å². The van der Waals surface area contributed by atoms with Crippen LogP contribution >= 0.6 is 11.6 Å². The molecule has 0 heterocycles. The van der Waals surface area contributed by atoms with E-state index in [0.717, 1.165) is 37.2 Å². The molecule has 3 heteroatoms. The molecule has 0 amide bonds. The van der Waals surface area contributed by atoms with E-state index >= 15 is 0 Å². The number of carbonyl (C=O) groups is 1. The Labute approximate surface area is 126 Å². The first-order valence-corrected chi connectivity index (χ1v) is 7.91. The highest BCUT2D eigenvalue weighted by atomic mass is 35.5. The van der Waals surface area contributed by atoms with E-state index < -0.39 is 11.4 Å². The molecule has 1 aliphatic rings. The van der Waals surface area contributed by atoms with E-state index in [9.17, 15) is 9.90 Å². The smallest absolute Gasteiger partial charge is 0.309 e. The topological polar surface area (TPSA) is 37.3 Å². The van der Waals surface area contributed by atoms with E-state index in [1.54, 1.807) is 0 Å². The Morgan fingerprint density at radius 1 is 1.30 bits per heavy atom.